The van der Waals surface area contributed by atoms with E-state index in [1.54, 1.807) is 25.1 Å². The van der Waals surface area contributed by atoms with Crippen LogP contribution >= 0.6 is 0 Å². The normalized spacial score (nSPS) is 17.7. The second kappa shape index (κ2) is 6.87. The van der Waals surface area contributed by atoms with Crippen LogP contribution in [0.25, 0.3) is 10.8 Å². The number of aliphatic imine (C=N–C) groups is 1. The summed E-state index contributed by atoms with van der Waals surface area (Å²) >= 11 is 0. The highest BCUT2D eigenvalue weighted by Crippen LogP contribution is 2.41. The predicted octanol–water partition coefficient (Wildman–Crippen LogP) is 1.18. The monoisotopic (exact) mass is 358 g/mol. The number of hydrogen-bond acceptors (Lipinski definition) is 5. The van der Waals surface area contributed by atoms with Gasteiger partial charge in [-0.15, -0.1) is 0 Å². The Morgan fingerprint density at radius 1 is 1.38 bits per heavy atom. The molecule has 9 heteroatoms. The zero-order valence-corrected chi connectivity index (χ0v) is 14.0. The summed E-state index contributed by atoms with van der Waals surface area (Å²) in [6, 6.07) is 3.40. The van der Waals surface area contributed by atoms with E-state index in [9.17, 15) is 24.6 Å². The van der Waals surface area contributed by atoms with Crippen LogP contribution in [0.2, 0.25) is 0 Å². The molecule has 4 amide bonds. The average Bonchev–Trinajstić information content (AvgIpc) is 2.85. The summed E-state index contributed by atoms with van der Waals surface area (Å²) in [7, 11) is 0. The van der Waals surface area contributed by atoms with Gasteiger partial charge in [-0.05, 0) is 19.4 Å². The Morgan fingerprint density at radius 3 is 2.85 bits per heavy atom. The van der Waals surface area contributed by atoms with Crippen LogP contribution in [0.1, 0.15) is 31.4 Å². The van der Waals surface area contributed by atoms with Crippen molar-refractivity contribution in [1.82, 2.24) is 15.2 Å². The van der Waals surface area contributed by atoms with E-state index in [1.165, 1.54) is 6.21 Å². The lowest BCUT2D eigenvalue weighted by Crippen LogP contribution is -2.41. The van der Waals surface area contributed by atoms with E-state index in [0.29, 0.717) is 17.5 Å². The molecule has 26 heavy (non-hydrogen) atoms. The highest BCUT2D eigenvalue weighted by molar-refractivity contribution is 6.08. The molecule has 2 heterocycles. The lowest BCUT2D eigenvalue weighted by Gasteiger charge is -2.23. The van der Waals surface area contributed by atoms with Crippen molar-refractivity contribution >= 4 is 34.8 Å². The molecule has 1 saturated heterocycles. The molecule has 4 N–H and O–H groups in total. The van der Waals surface area contributed by atoms with Crippen LogP contribution in [0, 0.1) is 0 Å². The van der Waals surface area contributed by atoms with Crippen molar-refractivity contribution in [1.29, 1.82) is 0 Å². The predicted molar refractivity (Wildman–Crippen MR) is 93.4 cm³/mol. The maximum atomic E-state index is 12.1. The maximum Gasteiger partial charge on any atom is 0.340 e. The molecular formula is C17H18N4O5. The standard InChI is InChI=1S/C17H18N4O5/c1-2-18-17(26)19-8-9-4-3-5-10-13(9)16(25)21(15(10)24)11-6-7-12(22)20-14(11)23/h3-5,8,11,24-25H,2,6-7H2,1H3,(H,18,26)(H,20,22,23). The zero-order chi connectivity index (χ0) is 18.8. The van der Waals surface area contributed by atoms with E-state index >= 15 is 0 Å². The number of carbonyl (C=O) groups is 3. The Bertz CT molecular complexity index is 931. The molecule has 1 aromatic heterocycles. The molecule has 1 unspecified atom stereocenters. The van der Waals surface area contributed by atoms with Crippen molar-refractivity contribution in [2.75, 3.05) is 6.54 Å². The lowest BCUT2D eigenvalue weighted by atomic mass is 10.1. The number of hydrogen-bond donors (Lipinski definition) is 4. The largest absolute Gasteiger partial charge is 0.494 e. The van der Waals surface area contributed by atoms with E-state index in [1.807, 2.05) is 0 Å². The molecule has 3 rings (SSSR count). The van der Waals surface area contributed by atoms with Crippen LogP contribution in [0.5, 0.6) is 11.8 Å². The molecule has 1 aliphatic rings. The van der Waals surface area contributed by atoms with Crippen LogP contribution in [-0.2, 0) is 9.59 Å². The van der Waals surface area contributed by atoms with Crippen molar-refractivity contribution in [2.45, 2.75) is 25.8 Å². The SMILES string of the molecule is CCNC(=O)N=Cc1cccc2c(O)n(C3CCC(=O)NC3=O)c(O)c12. The molecule has 1 aromatic carbocycles. The maximum absolute atomic E-state index is 12.1. The number of fused-ring (bicyclic) bond motifs is 1. The summed E-state index contributed by atoms with van der Waals surface area (Å²) in [4.78, 5) is 38.7. The minimum absolute atomic E-state index is 0.106. The topological polar surface area (TPSA) is 133 Å². The molecule has 2 aromatic rings. The lowest BCUT2D eigenvalue weighted by molar-refractivity contribution is -0.135. The molecule has 9 nitrogen and oxygen atoms in total. The first-order valence-electron chi connectivity index (χ1n) is 8.14. The number of imide groups is 1. The fraction of sp³-hybridized carbons (Fsp3) is 0.294. The number of aromatic nitrogens is 1. The van der Waals surface area contributed by atoms with Gasteiger partial charge in [0.2, 0.25) is 23.6 Å². The number of carbonyl (C=O) groups excluding carboxylic acids is 3. The summed E-state index contributed by atoms with van der Waals surface area (Å²) < 4.78 is 1.09. The molecule has 1 aliphatic heterocycles. The molecular weight excluding hydrogens is 340 g/mol. The Labute approximate surface area is 148 Å². The van der Waals surface area contributed by atoms with Crippen molar-refractivity contribution in [3.8, 4) is 11.8 Å². The summed E-state index contributed by atoms with van der Waals surface area (Å²) in [5.41, 5.74) is 0.410. The number of benzene rings is 1. The minimum Gasteiger partial charge on any atom is -0.494 e. The highest BCUT2D eigenvalue weighted by Gasteiger charge is 2.33. The van der Waals surface area contributed by atoms with Gasteiger partial charge in [0.15, 0.2) is 0 Å². The second-order valence-corrected chi connectivity index (χ2v) is 5.85. The average molecular weight is 358 g/mol. The van der Waals surface area contributed by atoms with Crippen LogP contribution in [-0.4, -0.2) is 45.4 Å². The number of aromatic hydroxyl groups is 2. The van der Waals surface area contributed by atoms with E-state index in [4.69, 9.17) is 0 Å². The molecule has 0 spiro atoms. The first-order chi connectivity index (χ1) is 12.4. The Kier molecular flexibility index (Phi) is 4.61. The Morgan fingerprint density at radius 2 is 2.15 bits per heavy atom. The number of nitrogens with one attached hydrogen (secondary N) is 2. The third kappa shape index (κ3) is 2.99. The number of nitrogens with zero attached hydrogens (tertiary/aromatic N) is 2. The smallest absolute Gasteiger partial charge is 0.340 e. The summed E-state index contributed by atoms with van der Waals surface area (Å²) in [6.07, 6.45) is 1.55. The minimum atomic E-state index is -0.909. The molecule has 0 radical (unpaired) electrons. The molecule has 0 bridgehead atoms. The van der Waals surface area contributed by atoms with Crippen LogP contribution in [0.15, 0.2) is 23.2 Å². The number of amides is 4. The van der Waals surface area contributed by atoms with Crippen molar-refractivity contribution in [3.05, 3.63) is 23.8 Å². The zero-order valence-electron chi connectivity index (χ0n) is 14.0. The van der Waals surface area contributed by atoms with Gasteiger partial charge in [-0.25, -0.2) is 9.79 Å². The summed E-state index contributed by atoms with van der Waals surface area (Å²) in [5.74, 6) is -1.60. The Balaban J connectivity index is 2.08. The van der Waals surface area contributed by atoms with Gasteiger partial charge < -0.3 is 15.5 Å². The fourth-order valence-electron chi connectivity index (χ4n) is 3.01. The van der Waals surface area contributed by atoms with Gasteiger partial charge in [0.1, 0.15) is 6.04 Å². The van der Waals surface area contributed by atoms with Crippen LogP contribution < -0.4 is 10.6 Å². The number of rotatable bonds is 3. The molecule has 1 atom stereocenters. The van der Waals surface area contributed by atoms with Gasteiger partial charge in [0.25, 0.3) is 0 Å². The number of urea groups is 1. The third-order valence-corrected chi connectivity index (χ3v) is 4.19. The van der Waals surface area contributed by atoms with Gasteiger partial charge in [-0.1, -0.05) is 12.1 Å². The first-order valence-corrected chi connectivity index (χ1v) is 8.14. The summed E-state index contributed by atoms with van der Waals surface area (Å²) in [5, 5.41) is 26.4. The van der Waals surface area contributed by atoms with E-state index in [0.717, 1.165) is 4.57 Å². The van der Waals surface area contributed by atoms with E-state index in [-0.39, 0.29) is 30.0 Å². The quantitative estimate of drug-likeness (QED) is 0.483. The molecule has 136 valence electrons. The molecule has 0 aliphatic carbocycles. The van der Waals surface area contributed by atoms with Crippen molar-refractivity contribution < 1.29 is 24.6 Å². The molecule has 0 saturated carbocycles. The van der Waals surface area contributed by atoms with Crippen molar-refractivity contribution in [2.24, 2.45) is 4.99 Å². The van der Waals surface area contributed by atoms with Gasteiger partial charge in [-0.3, -0.25) is 19.5 Å². The first kappa shape index (κ1) is 17.5. The van der Waals surface area contributed by atoms with Gasteiger partial charge in [0.05, 0.1) is 5.39 Å². The van der Waals surface area contributed by atoms with Crippen molar-refractivity contribution in [3.63, 3.8) is 0 Å². The Hall–Kier alpha value is -3.36. The highest BCUT2D eigenvalue weighted by atomic mass is 16.3. The summed E-state index contributed by atoms with van der Waals surface area (Å²) in [6.45, 7) is 2.19. The van der Waals surface area contributed by atoms with E-state index < -0.39 is 23.9 Å². The van der Waals surface area contributed by atoms with Gasteiger partial charge >= 0.3 is 6.03 Å². The second-order valence-electron chi connectivity index (χ2n) is 5.85. The fourth-order valence-corrected chi connectivity index (χ4v) is 3.01. The third-order valence-electron chi connectivity index (χ3n) is 4.19. The number of piperidine rings is 1. The molecule has 1 fully saturated rings. The van der Waals surface area contributed by atoms with Gasteiger partial charge in [-0.2, -0.15) is 0 Å². The van der Waals surface area contributed by atoms with Gasteiger partial charge in [0, 0.05) is 30.1 Å². The van der Waals surface area contributed by atoms with E-state index in [2.05, 4.69) is 15.6 Å². The van der Waals surface area contributed by atoms with Crippen LogP contribution in [0.4, 0.5) is 4.79 Å². The van der Waals surface area contributed by atoms with Crippen LogP contribution in [0.3, 0.4) is 0 Å².